The number of hydrogen-bond acceptors (Lipinski definition) is 2. The van der Waals surface area contributed by atoms with E-state index in [4.69, 9.17) is 0 Å². The SMILES string of the molecule is CCC(=O)C(C)NC(=O)C(F)(F)C(F)F. The Morgan fingerprint density at radius 3 is 2.13 bits per heavy atom. The van der Waals surface area contributed by atoms with E-state index in [2.05, 4.69) is 0 Å². The number of Topliss-reactive ketones (excluding diaryl/α,β-unsaturated/α-hetero) is 1. The number of ketones is 1. The summed E-state index contributed by atoms with van der Waals surface area (Å²) in [6, 6.07) is -1.19. The zero-order valence-corrected chi connectivity index (χ0v) is 8.19. The summed E-state index contributed by atoms with van der Waals surface area (Å²) in [5.41, 5.74) is 0. The van der Waals surface area contributed by atoms with Gasteiger partial charge in [0.25, 0.3) is 5.91 Å². The molecular formula is C8H11F4NO2. The molecule has 0 aliphatic carbocycles. The summed E-state index contributed by atoms with van der Waals surface area (Å²) in [6.07, 6.45) is -4.05. The van der Waals surface area contributed by atoms with Crippen LogP contribution in [0, 0.1) is 0 Å². The fourth-order valence-corrected chi connectivity index (χ4v) is 0.779. The molecule has 0 fully saturated rings. The van der Waals surface area contributed by atoms with Crippen LogP contribution in [0.15, 0.2) is 0 Å². The van der Waals surface area contributed by atoms with E-state index in [1.807, 2.05) is 0 Å². The highest BCUT2D eigenvalue weighted by Crippen LogP contribution is 2.22. The smallest absolute Gasteiger partial charge is 0.341 e. The van der Waals surface area contributed by atoms with Crippen LogP contribution < -0.4 is 5.32 Å². The van der Waals surface area contributed by atoms with Crippen LogP contribution in [-0.4, -0.2) is 30.1 Å². The number of carbonyl (C=O) groups is 2. The van der Waals surface area contributed by atoms with Crippen LogP contribution in [0.4, 0.5) is 17.6 Å². The van der Waals surface area contributed by atoms with Crippen molar-refractivity contribution >= 4 is 11.7 Å². The zero-order chi connectivity index (χ0) is 12.2. The van der Waals surface area contributed by atoms with E-state index in [9.17, 15) is 27.2 Å². The fraction of sp³-hybridized carbons (Fsp3) is 0.750. The molecule has 0 rings (SSSR count). The monoisotopic (exact) mass is 229 g/mol. The summed E-state index contributed by atoms with van der Waals surface area (Å²) in [4.78, 5) is 21.5. The Morgan fingerprint density at radius 1 is 1.33 bits per heavy atom. The van der Waals surface area contributed by atoms with Gasteiger partial charge in [-0.15, -0.1) is 0 Å². The second kappa shape index (κ2) is 5.09. The van der Waals surface area contributed by atoms with E-state index in [0.29, 0.717) is 0 Å². The topological polar surface area (TPSA) is 46.2 Å². The first-order chi connectivity index (χ1) is 6.73. The molecule has 0 radical (unpaired) electrons. The number of nitrogens with one attached hydrogen (secondary N) is 1. The van der Waals surface area contributed by atoms with Crippen molar-refractivity contribution in [1.82, 2.24) is 5.32 Å². The Morgan fingerprint density at radius 2 is 1.80 bits per heavy atom. The number of rotatable bonds is 5. The molecule has 0 heterocycles. The molecule has 1 unspecified atom stereocenters. The second-order valence-electron chi connectivity index (χ2n) is 2.94. The number of alkyl halides is 4. The molecule has 1 N–H and O–H groups in total. The normalized spacial score (nSPS) is 13.8. The Balaban J connectivity index is 4.44. The molecule has 1 amide bonds. The summed E-state index contributed by atoms with van der Waals surface area (Å²) in [5.74, 6) is -7.40. The van der Waals surface area contributed by atoms with Gasteiger partial charge in [-0.3, -0.25) is 9.59 Å². The minimum atomic E-state index is -4.76. The van der Waals surface area contributed by atoms with E-state index in [1.54, 1.807) is 0 Å². The van der Waals surface area contributed by atoms with Crippen LogP contribution in [0.3, 0.4) is 0 Å². The van der Waals surface area contributed by atoms with E-state index in [0.717, 1.165) is 6.92 Å². The summed E-state index contributed by atoms with van der Waals surface area (Å²) >= 11 is 0. The maximum absolute atomic E-state index is 12.4. The Bertz CT molecular complexity index is 255. The summed E-state index contributed by atoms with van der Waals surface area (Å²) in [7, 11) is 0. The number of amides is 1. The number of hydrogen-bond donors (Lipinski definition) is 1. The second-order valence-corrected chi connectivity index (χ2v) is 2.94. The third-order valence-corrected chi connectivity index (χ3v) is 1.76. The summed E-state index contributed by atoms with van der Waals surface area (Å²) in [6.45, 7) is 2.63. The molecule has 0 bridgehead atoms. The highest BCUT2D eigenvalue weighted by Gasteiger charge is 2.49. The maximum atomic E-state index is 12.4. The Hall–Kier alpha value is -1.14. The quantitative estimate of drug-likeness (QED) is 0.724. The molecule has 7 heteroatoms. The van der Waals surface area contributed by atoms with Gasteiger partial charge in [-0.25, -0.2) is 8.78 Å². The van der Waals surface area contributed by atoms with Gasteiger partial charge in [-0.05, 0) is 6.92 Å². The van der Waals surface area contributed by atoms with Gasteiger partial charge in [0.1, 0.15) is 0 Å². The Kier molecular flexibility index (Phi) is 4.70. The lowest BCUT2D eigenvalue weighted by molar-refractivity contribution is -0.170. The van der Waals surface area contributed by atoms with E-state index in [1.165, 1.54) is 12.2 Å². The minimum Gasteiger partial charge on any atom is -0.341 e. The first kappa shape index (κ1) is 13.9. The lowest BCUT2D eigenvalue weighted by Gasteiger charge is -2.17. The van der Waals surface area contributed by atoms with Gasteiger partial charge < -0.3 is 5.32 Å². The average Bonchev–Trinajstić information content (AvgIpc) is 2.15. The minimum absolute atomic E-state index is 0.0295. The summed E-state index contributed by atoms with van der Waals surface area (Å²) in [5, 5.41) is 1.53. The maximum Gasteiger partial charge on any atom is 0.383 e. The van der Waals surface area contributed by atoms with Crippen LogP contribution in [0.2, 0.25) is 0 Å². The standard InChI is InChI=1S/C8H11F4NO2/c1-3-5(14)4(2)13-7(15)8(11,12)6(9)10/h4,6H,3H2,1-2H3,(H,13,15). The molecule has 88 valence electrons. The van der Waals surface area contributed by atoms with E-state index in [-0.39, 0.29) is 6.42 Å². The third kappa shape index (κ3) is 3.49. The van der Waals surface area contributed by atoms with Gasteiger partial charge in [0, 0.05) is 6.42 Å². The van der Waals surface area contributed by atoms with Crippen molar-refractivity contribution in [3.8, 4) is 0 Å². The van der Waals surface area contributed by atoms with Gasteiger partial charge in [-0.2, -0.15) is 8.78 Å². The molecule has 0 aliphatic heterocycles. The van der Waals surface area contributed by atoms with Gasteiger partial charge in [0.2, 0.25) is 0 Å². The van der Waals surface area contributed by atoms with Gasteiger partial charge in [0.05, 0.1) is 6.04 Å². The molecule has 3 nitrogen and oxygen atoms in total. The summed E-state index contributed by atoms with van der Waals surface area (Å²) < 4.78 is 48.2. The fourth-order valence-electron chi connectivity index (χ4n) is 0.779. The largest absolute Gasteiger partial charge is 0.383 e. The van der Waals surface area contributed by atoms with Gasteiger partial charge in [0.15, 0.2) is 5.78 Å². The van der Waals surface area contributed by atoms with Crippen LogP contribution in [0.25, 0.3) is 0 Å². The van der Waals surface area contributed by atoms with Crippen molar-refractivity contribution in [2.75, 3.05) is 0 Å². The van der Waals surface area contributed by atoms with Crippen LogP contribution in [0.1, 0.15) is 20.3 Å². The predicted molar refractivity (Wildman–Crippen MR) is 43.9 cm³/mol. The van der Waals surface area contributed by atoms with Crippen molar-refractivity contribution in [2.24, 2.45) is 0 Å². The van der Waals surface area contributed by atoms with Crippen LogP contribution in [-0.2, 0) is 9.59 Å². The molecule has 1 atom stereocenters. The van der Waals surface area contributed by atoms with Crippen molar-refractivity contribution in [3.63, 3.8) is 0 Å². The lowest BCUT2D eigenvalue weighted by Crippen LogP contribution is -2.50. The predicted octanol–water partition coefficient (Wildman–Crippen LogP) is 1.37. The average molecular weight is 229 g/mol. The first-order valence-electron chi connectivity index (χ1n) is 4.23. The van der Waals surface area contributed by atoms with Gasteiger partial charge in [-0.1, -0.05) is 6.92 Å². The molecule has 0 aromatic heterocycles. The molecule has 0 spiro atoms. The molecule has 15 heavy (non-hydrogen) atoms. The van der Waals surface area contributed by atoms with Crippen molar-refractivity contribution < 1.29 is 27.2 Å². The van der Waals surface area contributed by atoms with Crippen molar-refractivity contribution in [1.29, 1.82) is 0 Å². The highest BCUT2D eigenvalue weighted by molar-refractivity contribution is 5.91. The molecule has 0 aliphatic rings. The van der Waals surface area contributed by atoms with Crippen LogP contribution in [0.5, 0.6) is 0 Å². The first-order valence-corrected chi connectivity index (χ1v) is 4.23. The molecule has 0 aromatic rings. The third-order valence-electron chi connectivity index (χ3n) is 1.76. The molecular weight excluding hydrogens is 218 g/mol. The molecule has 0 saturated heterocycles. The molecule has 0 aromatic carbocycles. The Labute approximate surface area is 83.8 Å². The van der Waals surface area contributed by atoms with Crippen LogP contribution >= 0.6 is 0 Å². The number of halogens is 4. The zero-order valence-electron chi connectivity index (χ0n) is 8.19. The van der Waals surface area contributed by atoms with E-state index < -0.39 is 30.1 Å². The van der Waals surface area contributed by atoms with Crippen molar-refractivity contribution in [3.05, 3.63) is 0 Å². The van der Waals surface area contributed by atoms with Crippen molar-refractivity contribution in [2.45, 2.75) is 38.7 Å². The van der Waals surface area contributed by atoms with Gasteiger partial charge >= 0.3 is 12.3 Å². The van der Waals surface area contributed by atoms with E-state index >= 15 is 0 Å². The highest BCUT2D eigenvalue weighted by atomic mass is 19.3. The number of carbonyl (C=O) groups excluding carboxylic acids is 2. The lowest BCUT2D eigenvalue weighted by atomic mass is 10.1. The molecule has 0 saturated carbocycles.